The first kappa shape index (κ1) is 16.0. The fourth-order valence-corrected chi connectivity index (χ4v) is 4.03. The number of amides is 1. The Balaban J connectivity index is 2.09. The van der Waals surface area contributed by atoms with Crippen molar-refractivity contribution in [2.45, 2.75) is 30.9 Å². The van der Waals surface area contributed by atoms with E-state index < -0.39 is 0 Å². The Labute approximate surface area is 131 Å². The SMILES string of the molecule is CCc1nnsc1C(=O)N1CCC(SC)(C(N)=NO)CC1. The molecule has 1 aromatic heterocycles. The summed E-state index contributed by atoms with van der Waals surface area (Å²) in [5.41, 5.74) is 6.57. The molecule has 0 atom stereocenters. The van der Waals surface area contributed by atoms with Crippen molar-refractivity contribution in [3.8, 4) is 0 Å². The number of nitrogens with zero attached hydrogens (tertiary/aromatic N) is 4. The van der Waals surface area contributed by atoms with Crippen molar-refractivity contribution < 1.29 is 10.0 Å². The van der Waals surface area contributed by atoms with Crippen LogP contribution in [0.25, 0.3) is 0 Å². The molecule has 3 N–H and O–H groups in total. The minimum absolute atomic E-state index is 0.0175. The van der Waals surface area contributed by atoms with E-state index in [1.807, 2.05) is 13.2 Å². The van der Waals surface area contributed by atoms with E-state index in [-0.39, 0.29) is 16.5 Å². The number of rotatable bonds is 4. The molecule has 0 saturated carbocycles. The summed E-state index contributed by atoms with van der Waals surface area (Å²) in [6, 6.07) is 0. The summed E-state index contributed by atoms with van der Waals surface area (Å²) in [6.45, 7) is 3.12. The van der Waals surface area contributed by atoms with Crippen molar-refractivity contribution in [3.05, 3.63) is 10.6 Å². The summed E-state index contributed by atoms with van der Waals surface area (Å²) in [7, 11) is 0. The van der Waals surface area contributed by atoms with Crippen LogP contribution in [0.4, 0.5) is 0 Å². The molecule has 1 aliphatic rings. The third-order valence-electron chi connectivity index (χ3n) is 3.91. The molecule has 0 aliphatic carbocycles. The summed E-state index contributed by atoms with van der Waals surface area (Å²) in [5.74, 6) is 0.215. The Morgan fingerprint density at radius 3 is 2.76 bits per heavy atom. The topological polar surface area (TPSA) is 105 Å². The van der Waals surface area contributed by atoms with Gasteiger partial charge >= 0.3 is 0 Å². The Bertz CT molecular complexity index is 538. The van der Waals surface area contributed by atoms with Gasteiger partial charge in [-0.2, -0.15) is 11.8 Å². The van der Waals surface area contributed by atoms with Gasteiger partial charge in [-0.1, -0.05) is 16.6 Å². The number of nitrogens with two attached hydrogens (primary N) is 1. The number of likely N-dealkylation sites (tertiary alicyclic amines) is 1. The van der Waals surface area contributed by atoms with Crippen LogP contribution >= 0.6 is 23.3 Å². The van der Waals surface area contributed by atoms with E-state index in [1.165, 1.54) is 0 Å². The number of hydrogen-bond donors (Lipinski definition) is 2. The third-order valence-corrected chi connectivity index (χ3v) is 6.06. The zero-order valence-corrected chi connectivity index (χ0v) is 13.7. The van der Waals surface area contributed by atoms with E-state index in [0.717, 1.165) is 17.2 Å². The minimum Gasteiger partial charge on any atom is -0.409 e. The number of amidine groups is 1. The molecule has 0 radical (unpaired) electrons. The zero-order chi connectivity index (χ0) is 15.5. The number of hydrogen-bond acceptors (Lipinski definition) is 7. The predicted octanol–water partition coefficient (Wildman–Crippen LogP) is 1.18. The maximum absolute atomic E-state index is 12.5. The zero-order valence-electron chi connectivity index (χ0n) is 12.1. The van der Waals surface area contributed by atoms with Crippen LogP contribution in [0.15, 0.2) is 5.16 Å². The van der Waals surface area contributed by atoms with E-state index in [1.54, 1.807) is 16.7 Å². The highest BCUT2D eigenvalue weighted by atomic mass is 32.2. The maximum atomic E-state index is 12.5. The number of oxime groups is 1. The molecule has 0 aromatic carbocycles. The lowest BCUT2D eigenvalue weighted by molar-refractivity contribution is 0.0721. The summed E-state index contributed by atoms with van der Waals surface area (Å²) in [6.07, 6.45) is 3.98. The molecule has 0 unspecified atom stereocenters. The van der Waals surface area contributed by atoms with E-state index in [4.69, 9.17) is 10.9 Å². The van der Waals surface area contributed by atoms with Crippen LogP contribution in [-0.2, 0) is 6.42 Å². The summed E-state index contributed by atoms with van der Waals surface area (Å²) < 4.78 is 3.48. The Hall–Kier alpha value is -1.35. The molecule has 1 saturated heterocycles. The Morgan fingerprint density at radius 2 is 2.24 bits per heavy atom. The van der Waals surface area contributed by atoms with Crippen LogP contribution in [0.2, 0.25) is 0 Å². The van der Waals surface area contributed by atoms with Gasteiger partial charge in [0.25, 0.3) is 5.91 Å². The number of aryl methyl sites for hydroxylation is 1. The first-order valence-corrected chi connectivity index (χ1v) is 8.71. The smallest absolute Gasteiger partial charge is 0.267 e. The molecule has 21 heavy (non-hydrogen) atoms. The largest absolute Gasteiger partial charge is 0.409 e. The lowest BCUT2D eigenvalue weighted by atomic mass is 9.94. The highest BCUT2D eigenvalue weighted by molar-refractivity contribution is 8.00. The molecular weight excluding hydrogens is 310 g/mol. The van der Waals surface area contributed by atoms with Crippen LogP contribution < -0.4 is 5.73 Å². The molecule has 1 aromatic rings. The fourth-order valence-electron chi connectivity index (χ4n) is 2.47. The molecule has 0 bridgehead atoms. The number of piperidine rings is 1. The van der Waals surface area contributed by atoms with Crippen molar-refractivity contribution in [1.82, 2.24) is 14.5 Å². The lowest BCUT2D eigenvalue weighted by Gasteiger charge is -2.39. The normalized spacial score (nSPS) is 18.8. The van der Waals surface area contributed by atoms with Crippen molar-refractivity contribution in [3.63, 3.8) is 0 Å². The molecule has 0 spiro atoms. The van der Waals surface area contributed by atoms with Crippen molar-refractivity contribution in [2.75, 3.05) is 19.3 Å². The second kappa shape index (κ2) is 6.61. The minimum atomic E-state index is -0.384. The first-order chi connectivity index (χ1) is 10.1. The molecule has 1 amide bonds. The van der Waals surface area contributed by atoms with Crippen molar-refractivity contribution >= 4 is 35.0 Å². The fraction of sp³-hybridized carbons (Fsp3) is 0.667. The average Bonchev–Trinajstić information content (AvgIpc) is 3.02. The van der Waals surface area contributed by atoms with Crippen LogP contribution in [0.1, 0.15) is 35.1 Å². The van der Waals surface area contributed by atoms with Crippen LogP contribution in [-0.4, -0.2) is 55.5 Å². The number of carbonyl (C=O) groups excluding carboxylic acids is 1. The van der Waals surface area contributed by atoms with Gasteiger partial charge in [0.15, 0.2) is 5.84 Å². The Morgan fingerprint density at radius 1 is 1.57 bits per heavy atom. The maximum Gasteiger partial charge on any atom is 0.267 e. The number of aromatic nitrogens is 2. The van der Waals surface area contributed by atoms with Gasteiger partial charge < -0.3 is 15.8 Å². The molecule has 7 nitrogen and oxygen atoms in total. The molecule has 2 rings (SSSR count). The van der Waals surface area contributed by atoms with Crippen LogP contribution in [0.3, 0.4) is 0 Å². The molecule has 1 aliphatic heterocycles. The molecule has 116 valence electrons. The summed E-state index contributed by atoms with van der Waals surface area (Å²) >= 11 is 2.72. The van der Waals surface area contributed by atoms with E-state index in [2.05, 4.69) is 14.7 Å². The third kappa shape index (κ3) is 2.98. The highest BCUT2D eigenvalue weighted by Crippen LogP contribution is 2.35. The quantitative estimate of drug-likeness (QED) is 0.372. The van der Waals surface area contributed by atoms with Gasteiger partial charge in [0, 0.05) is 13.1 Å². The summed E-state index contributed by atoms with van der Waals surface area (Å²) in [4.78, 5) is 14.9. The number of thioether (sulfide) groups is 1. The van der Waals surface area contributed by atoms with Gasteiger partial charge in [-0.3, -0.25) is 4.79 Å². The highest BCUT2D eigenvalue weighted by Gasteiger charge is 2.39. The van der Waals surface area contributed by atoms with Gasteiger partial charge in [0.2, 0.25) is 0 Å². The molecular formula is C12H19N5O2S2. The molecule has 1 fully saturated rings. The average molecular weight is 329 g/mol. The van der Waals surface area contributed by atoms with Crippen molar-refractivity contribution in [2.24, 2.45) is 10.9 Å². The van der Waals surface area contributed by atoms with Gasteiger partial charge in [0.1, 0.15) is 4.88 Å². The van der Waals surface area contributed by atoms with Gasteiger partial charge in [-0.15, -0.1) is 5.10 Å². The first-order valence-electron chi connectivity index (χ1n) is 6.71. The van der Waals surface area contributed by atoms with Crippen LogP contribution in [0, 0.1) is 0 Å². The van der Waals surface area contributed by atoms with E-state index in [9.17, 15) is 4.79 Å². The van der Waals surface area contributed by atoms with Crippen molar-refractivity contribution in [1.29, 1.82) is 0 Å². The number of carbonyl (C=O) groups is 1. The lowest BCUT2D eigenvalue weighted by Crippen LogP contribution is -2.51. The second-order valence-corrected chi connectivity index (χ2v) is 6.82. The monoisotopic (exact) mass is 329 g/mol. The predicted molar refractivity (Wildman–Crippen MR) is 84.1 cm³/mol. The van der Waals surface area contributed by atoms with E-state index in [0.29, 0.717) is 37.2 Å². The second-order valence-electron chi connectivity index (χ2n) is 4.88. The Kier molecular flexibility index (Phi) is 5.04. The van der Waals surface area contributed by atoms with E-state index >= 15 is 0 Å². The van der Waals surface area contributed by atoms with Crippen LogP contribution in [0.5, 0.6) is 0 Å². The standard InChI is InChI=1S/C12H19N5O2S2/c1-3-8-9(21-16-14-8)10(18)17-6-4-12(20-2,5-7-17)11(13)15-19/h19H,3-7H2,1-2H3,(H2,13,15). The van der Waals surface area contributed by atoms with Gasteiger partial charge in [0.05, 0.1) is 10.4 Å². The van der Waals surface area contributed by atoms with Gasteiger partial charge in [-0.05, 0) is 37.1 Å². The van der Waals surface area contributed by atoms with Gasteiger partial charge in [-0.25, -0.2) is 0 Å². The summed E-state index contributed by atoms with van der Waals surface area (Å²) in [5, 5.41) is 16.1. The molecule has 9 heteroatoms. The molecule has 2 heterocycles.